The number of carbonyl (C=O) groups excluding carboxylic acids is 4. The maximum atomic E-state index is 13.3. The molecule has 7 atom stereocenters. The highest BCUT2D eigenvalue weighted by molar-refractivity contribution is 5.89. The summed E-state index contributed by atoms with van der Waals surface area (Å²) in [7, 11) is 0. The van der Waals surface area contributed by atoms with Crippen LogP contribution in [0.15, 0.2) is 0 Å². The van der Waals surface area contributed by atoms with Gasteiger partial charge in [0.05, 0.1) is 0 Å². The summed E-state index contributed by atoms with van der Waals surface area (Å²) >= 11 is 0. The van der Waals surface area contributed by atoms with Gasteiger partial charge >= 0.3 is 12.2 Å². The van der Waals surface area contributed by atoms with E-state index in [1.54, 1.807) is 20.8 Å². The zero-order valence-electron chi connectivity index (χ0n) is 21.9. The van der Waals surface area contributed by atoms with Gasteiger partial charge in [0.2, 0.25) is 0 Å². The molecule has 0 aliphatic heterocycles. The molecule has 0 aromatic heterocycles. The predicted octanol–water partition coefficient (Wildman–Crippen LogP) is 4.40. The maximum absolute atomic E-state index is 13.3. The molecular formula is C27H42N2O6. The van der Waals surface area contributed by atoms with Crippen molar-refractivity contribution in [1.82, 2.24) is 10.6 Å². The molecule has 0 radical (unpaired) electrons. The van der Waals surface area contributed by atoms with Crippen LogP contribution in [0.3, 0.4) is 0 Å². The van der Waals surface area contributed by atoms with Crippen molar-refractivity contribution in [3.05, 3.63) is 0 Å². The Morgan fingerprint density at radius 3 is 2.34 bits per heavy atom. The van der Waals surface area contributed by atoms with Crippen molar-refractivity contribution >= 4 is 23.8 Å². The van der Waals surface area contributed by atoms with Crippen LogP contribution < -0.4 is 10.6 Å². The predicted molar refractivity (Wildman–Crippen MR) is 130 cm³/mol. The van der Waals surface area contributed by atoms with E-state index >= 15 is 0 Å². The molecule has 4 rings (SSSR count). The molecule has 8 nitrogen and oxygen atoms in total. The van der Waals surface area contributed by atoms with Crippen LogP contribution in [-0.4, -0.2) is 48.5 Å². The molecule has 4 fully saturated rings. The average Bonchev–Trinajstić information content (AvgIpc) is 3.00. The quantitative estimate of drug-likeness (QED) is 0.565. The first-order valence-electron chi connectivity index (χ1n) is 13.3. The summed E-state index contributed by atoms with van der Waals surface area (Å²) in [5, 5.41) is 5.27. The highest BCUT2D eigenvalue weighted by atomic mass is 16.6. The standard InChI is InChI=1S/C27H42N2O6/c1-25(2,3)35-24(33)29-13-12-28-23(32)34-20-15-21(31)27(5)11-9-17-16(22(20)27)14-19(30)18-8-6-7-10-26(17,18)4/h16-18,20,22H,6-15H2,1-5H3,(H,28,32)(H,29,33)/t16-,17+,18-,20?,22-,26-,27-/m1/s1. The Balaban J connectivity index is 1.39. The van der Waals surface area contributed by atoms with E-state index in [1.807, 2.05) is 6.92 Å². The van der Waals surface area contributed by atoms with Crippen molar-refractivity contribution in [2.24, 2.45) is 34.5 Å². The highest BCUT2D eigenvalue weighted by Crippen LogP contribution is 2.65. The number of alkyl carbamates (subject to hydrolysis) is 2. The monoisotopic (exact) mass is 490 g/mol. The first-order chi connectivity index (χ1) is 16.3. The molecule has 0 bridgehead atoms. The molecule has 0 saturated heterocycles. The second-order valence-electron chi connectivity index (χ2n) is 12.7. The largest absolute Gasteiger partial charge is 0.445 e. The van der Waals surface area contributed by atoms with Gasteiger partial charge in [0.1, 0.15) is 23.3 Å². The molecule has 35 heavy (non-hydrogen) atoms. The Kier molecular flexibility index (Phi) is 6.97. The van der Waals surface area contributed by atoms with Crippen molar-refractivity contribution in [2.45, 2.75) is 97.7 Å². The number of carbonyl (C=O) groups is 4. The van der Waals surface area contributed by atoms with E-state index in [0.717, 1.165) is 38.5 Å². The van der Waals surface area contributed by atoms with Crippen LogP contribution in [-0.2, 0) is 19.1 Å². The highest BCUT2D eigenvalue weighted by Gasteiger charge is 2.65. The van der Waals surface area contributed by atoms with E-state index in [-0.39, 0.29) is 48.5 Å². The number of nitrogens with one attached hydrogen (secondary N) is 2. The Morgan fingerprint density at radius 1 is 0.971 bits per heavy atom. The van der Waals surface area contributed by atoms with Gasteiger partial charge in [0.15, 0.2) is 0 Å². The molecule has 0 heterocycles. The van der Waals surface area contributed by atoms with Crippen LogP contribution in [0.5, 0.6) is 0 Å². The van der Waals surface area contributed by atoms with Crippen LogP contribution in [0.1, 0.15) is 86.0 Å². The lowest BCUT2D eigenvalue weighted by Gasteiger charge is -2.59. The zero-order chi connectivity index (χ0) is 25.6. The minimum Gasteiger partial charge on any atom is -0.445 e. The minimum absolute atomic E-state index is 0.00857. The lowest BCUT2D eigenvalue weighted by Crippen LogP contribution is -2.57. The zero-order valence-corrected chi connectivity index (χ0v) is 21.9. The van der Waals surface area contributed by atoms with Crippen molar-refractivity contribution in [3.8, 4) is 0 Å². The number of amides is 2. The third-order valence-electron chi connectivity index (χ3n) is 9.36. The van der Waals surface area contributed by atoms with Gasteiger partial charge in [-0.15, -0.1) is 0 Å². The molecule has 4 aliphatic carbocycles. The molecule has 4 saturated carbocycles. The average molecular weight is 491 g/mol. The first-order valence-corrected chi connectivity index (χ1v) is 13.3. The Bertz CT molecular complexity index is 881. The molecule has 2 N–H and O–H groups in total. The van der Waals surface area contributed by atoms with Gasteiger partial charge in [0.25, 0.3) is 0 Å². The second kappa shape index (κ2) is 9.40. The number of Topliss-reactive ketones (excluding diaryl/α,β-unsaturated/α-hetero) is 2. The molecule has 1 unspecified atom stereocenters. The van der Waals surface area contributed by atoms with Crippen molar-refractivity contribution in [3.63, 3.8) is 0 Å². The van der Waals surface area contributed by atoms with Crippen LogP contribution in [0.2, 0.25) is 0 Å². The van der Waals surface area contributed by atoms with Crippen molar-refractivity contribution in [2.75, 3.05) is 13.1 Å². The number of rotatable bonds is 4. The summed E-state index contributed by atoms with van der Waals surface area (Å²) in [6.07, 6.45) is 5.16. The summed E-state index contributed by atoms with van der Waals surface area (Å²) in [4.78, 5) is 50.8. The van der Waals surface area contributed by atoms with Crippen LogP contribution >= 0.6 is 0 Å². The van der Waals surface area contributed by atoms with E-state index in [1.165, 1.54) is 0 Å². The maximum Gasteiger partial charge on any atom is 0.407 e. The third-order valence-corrected chi connectivity index (χ3v) is 9.36. The van der Waals surface area contributed by atoms with Gasteiger partial charge < -0.3 is 20.1 Å². The fourth-order valence-electron chi connectivity index (χ4n) is 7.84. The molecule has 2 amide bonds. The van der Waals surface area contributed by atoms with Gasteiger partial charge in [0, 0.05) is 43.2 Å². The van der Waals surface area contributed by atoms with Crippen LogP contribution in [0, 0.1) is 34.5 Å². The summed E-state index contributed by atoms with van der Waals surface area (Å²) in [5.41, 5.74) is -1.14. The van der Waals surface area contributed by atoms with Crippen LogP contribution in [0.25, 0.3) is 0 Å². The fraction of sp³-hybridized carbons (Fsp3) is 0.852. The summed E-state index contributed by atoms with van der Waals surface area (Å²) < 4.78 is 11.0. The second-order valence-corrected chi connectivity index (χ2v) is 12.7. The fourth-order valence-corrected chi connectivity index (χ4v) is 7.84. The van der Waals surface area contributed by atoms with Gasteiger partial charge in [-0.25, -0.2) is 9.59 Å². The van der Waals surface area contributed by atoms with Crippen molar-refractivity contribution < 1.29 is 28.7 Å². The Morgan fingerprint density at radius 2 is 1.66 bits per heavy atom. The summed E-state index contributed by atoms with van der Waals surface area (Å²) in [6.45, 7) is 10.0. The van der Waals surface area contributed by atoms with Gasteiger partial charge in [-0.05, 0) is 63.7 Å². The smallest absolute Gasteiger partial charge is 0.407 e. The number of ketones is 2. The third kappa shape index (κ3) is 4.94. The summed E-state index contributed by atoms with van der Waals surface area (Å²) in [5.74, 6) is 0.977. The van der Waals surface area contributed by atoms with Gasteiger partial charge in [-0.1, -0.05) is 26.7 Å². The van der Waals surface area contributed by atoms with E-state index in [4.69, 9.17) is 9.47 Å². The number of ether oxygens (including phenoxy) is 2. The summed E-state index contributed by atoms with van der Waals surface area (Å²) in [6, 6.07) is 0. The number of hydrogen-bond acceptors (Lipinski definition) is 6. The minimum atomic E-state index is -0.593. The van der Waals surface area contributed by atoms with Crippen LogP contribution in [0.4, 0.5) is 9.59 Å². The Labute approximate surface area is 208 Å². The van der Waals surface area contributed by atoms with E-state index in [9.17, 15) is 19.2 Å². The van der Waals surface area contributed by atoms with Gasteiger partial charge in [-0.3, -0.25) is 9.59 Å². The lowest BCUT2D eigenvalue weighted by atomic mass is 9.45. The molecule has 0 spiro atoms. The molecule has 4 aliphatic rings. The molecule has 0 aromatic carbocycles. The molecular weight excluding hydrogens is 448 g/mol. The SMILES string of the molecule is CC(C)(C)OC(=O)NCCNC(=O)OC1CC(=O)[C@@]2(C)CC[C@H]3[C@@H](CC(=O)[C@H]4CCCC[C@@]43C)[C@H]12. The van der Waals surface area contributed by atoms with E-state index in [0.29, 0.717) is 18.1 Å². The molecule has 196 valence electrons. The number of fused-ring (bicyclic) bond motifs is 5. The number of hydrogen-bond donors (Lipinski definition) is 2. The van der Waals surface area contributed by atoms with Gasteiger partial charge in [-0.2, -0.15) is 0 Å². The first kappa shape index (κ1) is 26.0. The van der Waals surface area contributed by atoms with Crippen molar-refractivity contribution in [1.29, 1.82) is 0 Å². The Hall–Kier alpha value is -2.12. The molecule has 8 heteroatoms. The molecule has 0 aromatic rings. The normalized spacial score (nSPS) is 38.6. The van der Waals surface area contributed by atoms with E-state index in [2.05, 4.69) is 17.6 Å². The lowest BCUT2D eigenvalue weighted by molar-refractivity contribution is -0.159. The van der Waals surface area contributed by atoms with E-state index < -0.39 is 29.3 Å². The topological polar surface area (TPSA) is 111 Å².